The van der Waals surface area contributed by atoms with E-state index >= 15 is 0 Å². The average molecular weight is 304 g/mol. The van der Waals surface area contributed by atoms with Gasteiger partial charge in [0.05, 0.1) is 6.04 Å². The fourth-order valence-corrected chi connectivity index (χ4v) is 2.41. The van der Waals surface area contributed by atoms with Crippen LogP contribution in [0.1, 0.15) is 12.5 Å². The molecule has 0 aliphatic carbocycles. The van der Waals surface area contributed by atoms with E-state index in [1.807, 2.05) is 37.3 Å². The third-order valence-corrected chi connectivity index (χ3v) is 4.00. The molecule has 1 aliphatic heterocycles. The van der Waals surface area contributed by atoms with Crippen molar-refractivity contribution in [3.63, 3.8) is 0 Å². The van der Waals surface area contributed by atoms with Crippen molar-refractivity contribution in [1.82, 2.24) is 20.4 Å². The third-order valence-electron chi connectivity index (χ3n) is 4.00. The Morgan fingerprint density at radius 3 is 2.41 bits per heavy atom. The maximum atomic E-state index is 12.1. The van der Waals surface area contributed by atoms with E-state index in [0.29, 0.717) is 6.54 Å². The van der Waals surface area contributed by atoms with Gasteiger partial charge >= 0.3 is 6.03 Å². The minimum atomic E-state index is -0.449. The predicted octanol–water partition coefficient (Wildman–Crippen LogP) is 0.648. The highest BCUT2D eigenvalue weighted by Crippen LogP contribution is 2.05. The number of piperazine rings is 1. The second-order valence-electron chi connectivity index (χ2n) is 5.67. The summed E-state index contributed by atoms with van der Waals surface area (Å²) < 4.78 is 0. The monoisotopic (exact) mass is 304 g/mol. The third kappa shape index (κ3) is 4.82. The summed E-state index contributed by atoms with van der Waals surface area (Å²) in [4.78, 5) is 28.2. The first kappa shape index (κ1) is 16.5. The number of carbonyl (C=O) groups excluding carboxylic acids is 2. The van der Waals surface area contributed by atoms with Crippen LogP contribution in [0.3, 0.4) is 0 Å². The molecule has 1 aromatic rings. The molecule has 22 heavy (non-hydrogen) atoms. The first-order valence-corrected chi connectivity index (χ1v) is 7.61. The number of nitrogens with one attached hydrogen (secondary N) is 2. The van der Waals surface area contributed by atoms with Crippen LogP contribution in [-0.4, -0.2) is 61.0 Å². The Labute approximate surface area is 131 Å². The molecule has 0 unspecified atom stereocenters. The molecule has 0 aromatic heterocycles. The standard InChI is InChI=1S/C16H24N4O2/c1-13(20-10-8-19(2)9-11-20)15(21)18-16(22)17-12-14-6-4-3-5-7-14/h3-7,13H,8-12H2,1-2H3,(H2,17,18,21,22)/t13-/m0/s1. The van der Waals surface area contributed by atoms with Gasteiger partial charge in [-0.25, -0.2) is 4.79 Å². The smallest absolute Gasteiger partial charge is 0.321 e. The first-order chi connectivity index (χ1) is 10.6. The molecule has 0 spiro atoms. The number of imide groups is 1. The Morgan fingerprint density at radius 1 is 1.14 bits per heavy atom. The van der Waals surface area contributed by atoms with Crippen LogP contribution in [0.4, 0.5) is 4.79 Å². The van der Waals surface area contributed by atoms with Crippen LogP contribution >= 0.6 is 0 Å². The molecule has 2 N–H and O–H groups in total. The predicted molar refractivity (Wildman–Crippen MR) is 85.4 cm³/mol. The normalized spacial score (nSPS) is 17.7. The molecular weight excluding hydrogens is 280 g/mol. The lowest BCUT2D eigenvalue weighted by Crippen LogP contribution is -2.54. The highest BCUT2D eigenvalue weighted by Gasteiger charge is 2.25. The highest BCUT2D eigenvalue weighted by molar-refractivity contribution is 5.96. The van der Waals surface area contributed by atoms with Crippen LogP contribution < -0.4 is 10.6 Å². The molecule has 1 aromatic carbocycles. The van der Waals surface area contributed by atoms with Gasteiger partial charge < -0.3 is 10.2 Å². The molecule has 3 amide bonds. The SMILES string of the molecule is C[C@@H](C(=O)NC(=O)NCc1ccccc1)N1CCN(C)CC1. The quantitative estimate of drug-likeness (QED) is 0.857. The van der Waals surface area contributed by atoms with Crippen molar-refractivity contribution in [2.45, 2.75) is 19.5 Å². The lowest BCUT2D eigenvalue weighted by molar-refractivity contribution is -0.125. The number of nitrogens with zero attached hydrogens (tertiary/aromatic N) is 2. The fourth-order valence-electron chi connectivity index (χ4n) is 2.41. The summed E-state index contributed by atoms with van der Waals surface area (Å²) in [6.07, 6.45) is 0. The number of carbonyl (C=O) groups is 2. The van der Waals surface area contributed by atoms with Gasteiger partial charge in [0, 0.05) is 32.7 Å². The van der Waals surface area contributed by atoms with Gasteiger partial charge in [0.15, 0.2) is 0 Å². The average Bonchev–Trinajstić information content (AvgIpc) is 2.54. The molecule has 6 heteroatoms. The van der Waals surface area contributed by atoms with Gasteiger partial charge in [0.2, 0.25) is 5.91 Å². The largest absolute Gasteiger partial charge is 0.334 e. The number of urea groups is 1. The van der Waals surface area contributed by atoms with Crippen molar-refractivity contribution in [2.75, 3.05) is 33.2 Å². The van der Waals surface area contributed by atoms with Crippen molar-refractivity contribution in [3.05, 3.63) is 35.9 Å². The first-order valence-electron chi connectivity index (χ1n) is 7.61. The van der Waals surface area contributed by atoms with Gasteiger partial charge in [-0.05, 0) is 19.5 Å². The second-order valence-corrected chi connectivity index (χ2v) is 5.67. The van der Waals surface area contributed by atoms with Crippen LogP contribution in [0, 0.1) is 0 Å². The van der Waals surface area contributed by atoms with E-state index in [1.54, 1.807) is 0 Å². The maximum Gasteiger partial charge on any atom is 0.321 e. The maximum absolute atomic E-state index is 12.1. The zero-order valence-corrected chi connectivity index (χ0v) is 13.2. The summed E-state index contributed by atoms with van der Waals surface area (Å²) in [5, 5.41) is 5.11. The van der Waals surface area contributed by atoms with Crippen LogP contribution in [0.15, 0.2) is 30.3 Å². The topological polar surface area (TPSA) is 64.7 Å². The molecule has 1 fully saturated rings. The molecule has 0 radical (unpaired) electrons. The molecular formula is C16H24N4O2. The lowest BCUT2D eigenvalue weighted by Gasteiger charge is -2.35. The van der Waals surface area contributed by atoms with Crippen molar-refractivity contribution in [2.24, 2.45) is 0 Å². The second kappa shape index (κ2) is 7.91. The molecule has 1 heterocycles. The summed E-state index contributed by atoms with van der Waals surface area (Å²) in [5.41, 5.74) is 0.997. The molecule has 1 saturated heterocycles. The Balaban J connectivity index is 1.74. The van der Waals surface area contributed by atoms with Crippen molar-refractivity contribution >= 4 is 11.9 Å². The van der Waals surface area contributed by atoms with Gasteiger partial charge in [-0.3, -0.25) is 15.0 Å². The Morgan fingerprint density at radius 2 is 1.77 bits per heavy atom. The van der Waals surface area contributed by atoms with Gasteiger partial charge in [-0.15, -0.1) is 0 Å². The fraction of sp³-hybridized carbons (Fsp3) is 0.500. The summed E-state index contributed by atoms with van der Waals surface area (Å²) in [5.74, 6) is -0.255. The Bertz CT molecular complexity index is 498. The van der Waals surface area contributed by atoms with Gasteiger partial charge in [-0.2, -0.15) is 0 Å². The van der Waals surface area contributed by atoms with E-state index in [4.69, 9.17) is 0 Å². The van der Waals surface area contributed by atoms with Crippen LogP contribution in [0.5, 0.6) is 0 Å². The lowest BCUT2D eigenvalue weighted by atomic mass is 10.2. The molecule has 1 atom stereocenters. The van der Waals surface area contributed by atoms with Gasteiger partial charge in [0.25, 0.3) is 0 Å². The van der Waals surface area contributed by atoms with Crippen LogP contribution in [0.25, 0.3) is 0 Å². The summed E-state index contributed by atoms with van der Waals surface area (Å²) >= 11 is 0. The zero-order valence-electron chi connectivity index (χ0n) is 13.2. The molecule has 2 rings (SSSR count). The minimum Gasteiger partial charge on any atom is -0.334 e. The van der Waals surface area contributed by atoms with Crippen LogP contribution in [0.2, 0.25) is 0 Å². The molecule has 120 valence electrons. The number of hydrogen-bond acceptors (Lipinski definition) is 4. The van der Waals surface area contributed by atoms with E-state index < -0.39 is 6.03 Å². The Hall–Kier alpha value is -1.92. The van der Waals surface area contributed by atoms with E-state index in [0.717, 1.165) is 31.7 Å². The minimum absolute atomic E-state index is 0.255. The van der Waals surface area contributed by atoms with Gasteiger partial charge in [0.1, 0.15) is 0 Å². The Kier molecular flexibility index (Phi) is 5.91. The number of likely N-dealkylation sites (N-methyl/N-ethyl adjacent to an activating group) is 1. The van der Waals surface area contributed by atoms with E-state index in [-0.39, 0.29) is 11.9 Å². The zero-order chi connectivity index (χ0) is 15.9. The number of amides is 3. The molecule has 0 saturated carbocycles. The van der Waals surface area contributed by atoms with Crippen molar-refractivity contribution < 1.29 is 9.59 Å². The van der Waals surface area contributed by atoms with E-state index in [2.05, 4.69) is 27.5 Å². The summed E-state index contributed by atoms with van der Waals surface area (Å²) in [6.45, 7) is 5.82. The van der Waals surface area contributed by atoms with E-state index in [9.17, 15) is 9.59 Å². The van der Waals surface area contributed by atoms with Crippen molar-refractivity contribution in [3.8, 4) is 0 Å². The highest BCUT2D eigenvalue weighted by atomic mass is 16.2. The van der Waals surface area contributed by atoms with Crippen molar-refractivity contribution in [1.29, 1.82) is 0 Å². The van der Waals surface area contributed by atoms with Gasteiger partial charge in [-0.1, -0.05) is 30.3 Å². The number of benzene rings is 1. The number of hydrogen-bond donors (Lipinski definition) is 2. The number of rotatable bonds is 4. The van der Waals surface area contributed by atoms with Crippen LogP contribution in [-0.2, 0) is 11.3 Å². The molecule has 0 bridgehead atoms. The van der Waals surface area contributed by atoms with E-state index in [1.165, 1.54) is 0 Å². The molecule has 1 aliphatic rings. The molecule has 6 nitrogen and oxygen atoms in total. The summed E-state index contributed by atoms with van der Waals surface area (Å²) in [6, 6.07) is 8.85. The summed E-state index contributed by atoms with van der Waals surface area (Å²) in [7, 11) is 2.07.